The maximum Gasteiger partial charge on any atom is 0.346 e. The number of hydrogen-bond donors (Lipinski definition) is 2. The zero-order valence-corrected chi connectivity index (χ0v) is 24.2. The molecule has 13 nitrogen and oxygen atoms in total. The average Bonchev–Trinajstić information content (AvgIpc) is 3.81. The molecule has 2 unspecified atom stereocenters. The molecule has 1 fully saturated rings. The molecule has 1 aliphatic carbocycles. The third-order valence-corrected chi connectivity index (χ3v) is 8.09. The van der Waals surface area contributed by atoms with E-state index in [1.54, 1.807) is 11.9 Å². The summed E-state index contributed by atoms with van der Waals surface area (Å²) in [7, 11) is 3.22. The highest BCUT2D eigenvalue weighted by Gasteiger charge is 2.34. The minimum atomic E-state index is -0.522. The van der Waals surface area contributed by atoms with Crippen molar-refractivity contribution in [1.82, 2.24) is 44.7 Å². The van der Waals surface area contributed by atoms with Gasteiger partial charge >= 0.3 is 6.03 Å². The normalized spacial score (nSPS) is 16.2. The highest BCUT2D eigenvalue weighted by Crippen LogP contribution is 2.35. The Morgan fingerprint density at radius 2 is 1.95 bits per heavy atom. The van der Waals surface area contributed by atoms with Gasteiger partial charge in [-0.3, -0.25) is 4.79 Å². The van der Waals surface area contributed by atoms with E-state index in [0.717, 1.165) is 36.5 Å². The Morgan fingerprint density at radius 3 is 2.70 bits per heavy atom. The van der Waals surface area contributed by atoms with Crippen molar-refractivity contribution < 1.29 is 18.7 Å². The largest absolute Gasteiger partial charge is 0.496 e. The van der Waals surface area contributed by atoms with Gasteiger partial charge in [0.15, 0.2) is 5.65 Å². The van der Waals surface area contributed by atoms with Gasteiger partial charge in [0.2, 0.25) is 0 Å². The second kappa shape index (κ2) is 12.1. The molecule has 0 saturated heterocycles. The van der Waals surface area contributed by atoms with E-state index in [4.69, 9.17) is 15.6 Å². The number of ether oxygens (including phenoxy) is 1. The zero-order valence-electron chi connectivity index (χ0n) is 24.2. The number of nitrogens with two attached hydrogens (primary N) is 1. The van der Waals surface area contributed by atoms with Gasteiger partial charge in [-0.05, 0) is 42.5 Å². The number of anilines is 1. The van der Waals surface area contributed by atoms with Crippen molar-refractivity contribution in [3.8, 4) is 17.0 Å². The number of halogens is 1. The fourth-order valence-electron chi connectivity index (χ4n) is 5.85. The van der Waals surface area contributed by atoms with Gasteiger partial charge < -0.3 is 20.7 Å². The molecule has 0 bridgehead atoms. The van der Waals surface area contributed by atoms with Gasteiger partial charge in [0.05, 0.1) is 18.1 Å². The summed E-state index contributed by atoms with van der Waals surface area (Å²) in [5.41, 5.74) is 9.34. The van der Waals surface area contributed by atoms with Crippen molar-refractivity contribution in [2.75, 3.05) is 19.9 Å². The van der Waals surface area contributed by atoms with Gasteiger partial charge in [0.1, 0.15) is 42.1 Å². The van der Waals surface area contributed by atoms with Crippen LogP contribution in [0, 0.1) is 11.7 Å². The number of nitrogens with one attached hydrogen (secondary N) is 1. The number of nitrogen functional groups attached to an aromatic ring is 1. The van der Waals surface area contributed by atoms with Gasteiger partial charge in [-0.15, -0.1) is 0 Å². The van der Waals surface area contributed by atoms with Gasteiger partial charge in [0, 0.05) is 31.7 Å². The summed E-state index contributed by atoms with van der Waals surface area (Å²) in [5.74, 6) is -0.218. The highest BCUT2D eigenvalue weighted by molar-refractivity contribution is 5.98. The van der Waals surface area contributed by atoms with Gasteiger partial charge in [-0.2, -0.15) is 14.9 Å². The lowest BCUT2D eigenvalue weighted by molar-refractivity contribution is 0.0947. The van der Waals surface area contributed by atoms with E-state index in [0.29, 0.717) is 34.8 Å². The molecule has 3 N–H and O–H groups in total. The molecule has 3 aromatic heterocycles. The molecular weight excluding hydrogens is 567 g/mol. The molecule has 3 heterocycles. The number of hydrogen-bond acceptors (Lipinski definition) is 9. The molecule has 14 heteroatoms. The molecule has 226 valence electrons. The van der Waals surface area contributed by atoms with Crippen LogP contribution in [0.2, 0.25) is 0 Å². The molecule has 44 heavy (non-hydrogen) atoms. The first-order chi connectivity index (χ1) is 21.3. The Labute approximate surface area is 251 Å². The molecule has 1 aliphatic rings. The Hall–Kier alpha value is -5.40. The number of amides is 2. The third kappa shape index (κ3) is 5.53. The first kappa shape index (κ1) is 28.7. The van der Waals surface area contributed by atoms with Crippen LogP contribution in [0.25, 0.3) is 22.3 Å². The Bertz CT molecular complexity index is 1810. The number of carbonyl (C=O) groups is 2. The van der Waals surface area contributed by atoms with Crippen molar-refractivity contribution in [1.29, 1.82) is 0 Å². The number of carbonyl (C=O) groups excluding carboxylic acids is 2. The number of fused-ring (bicyclic) bond motifs is 1. The second-order valence-electron chi connectivity index (χ2n) is 10.7. The molecule has 6 rings (SSSR count). The monoisotopic (exact) mass is 598 g/mol. The minimum Gasteiger partial charge on any atom is -0.496 e. The Kier molecular flexibility index (Phi) is 7.87. The van der Waals surface area contributed by atoms with Crippen LogP contribution in [0.1, 0.15) is 35.2 Å². The fraction of sp³-hybridized carbons (Fsp3) is 0.300. The van der Waals surface area contributed by atoms with E-state index >= 15 is 0 Å². The number of nitrogens with zero attached hydrogens (tertiary/aromatic N) is 8. The quantitative estimate of drug-likeness (QED) is 0.273. The van der Waals surface area contributed by atoms with E-state index in [2.05, 4.69) is 25.4 Å². The lowest BCUT2D eigenvalue weighted by atomic mass is 10.0. The molecule has 0 aliphatic heterocycles. The van der Waals surface area contributed by atoms with Gasteiger partial charge in [-0.1, -0.05) is 30.7 Å². The Morgan fingerprint density at radius 1 is 1.14 bits per heavy atom. The third-order valence-electron chi connectivity index (χ3n) is 8.09. The smallest absolute Gasteiger partial charge is 0.346 e. The van der Waals surface area contributed by atoms with Crippen LogP contribution in [0.3, 0.4) is 0 Å². The fourth-order valence-corrected chi connectivity index (χ4v) is 5.85. The van der Waals surface area contributed by atoms with Crippen molar-refractivity contribution in [2.24, 2.45) is 5.92 Å². The molecule has 5 aromatic rings. The topological polar surface area (TPSA) is 159 Å². The summed E-state index contributed by atoms with van der Waals surface area (Å²) < 4.78 is 22.0. The number of aromatic nitrogens is 7. The summed E-state index contributed by atoms with van der Waals surface area (Å²) >= 11 is 0. The highest BCUT2D eigenvalue weighted by atomic mass is 19.1. The predicted octanol–water partition coefficient (Wildman–Crippen LogP) is 3.51. The lowest BCUT2D eigenvalue weighted by Gasteiger charge is -2.29. The van der Waals surface area contributed by atoms with Crippen LogP contribution in [0.15, 0.2) is 61.4 Å². The molecule has 2 atom stereocenters. The van der Waals surface area contributed by atoms with E-state index in [9.17, 15) is 14.0 Å². The maximum absolute atomic E-state index is 13.7. The van der Waals surface area contributed by atoms with E-state index < -0.39 is 11.7 Å². The van der Waals surface area contributed by atoms with Crippen LogP contribution in [-0.4, -0.2) is 71.6 Å². The summed E-state index contributed by atoms with van der Waals surface area (Å²) in [5, 5.41) is 12.4. The van der Waals surface area contributed by atoms with Crippen LogP contribution in [-0.2, 0) is 13.1 Å². The number of rotatable bonds is 8. The molecular formula is C30H31FN10O3. The van der Waals surface area contributed by atoms with E-state index in [-0.39, 0.29) is 30.1 Å². The first-order valence-corrected chi connectivity index (χ1v) is 14.1. The second-order valence-corrected chi connectivity index (χ2v) is 10.7. The summed E-state index contributed by atoms with van der Waals surface area (Å²) in [6, 6.07) is 11.1. The van der Waals surface area contributed by atoms with Crippen molar-refractivity contribution >= 4 is 28.8 Å². The predicted molar refractivity (Wildman–Crippen MR) is 159 cm³/mol. The SMILES string of the molecule is COc1ccc(F)cc1C(=O)NCc1ccc(-c2nn(CC3CCCC3N(C)C(=O)n3cncn3)c3ncnc(N)c23)cc1. The summed E-state index contributed by atoms with van der Waals surface area (Å²) in [6.45, 7) is 0.767. The van der Waals surface area contributed by atoms with Crippen molar-refractivity contribution in [3.05, 3.63) is 78.4 Å². The van der Waals surface area contributed by atoms with E-state index in [1.807, 2.05) is 28.9 Å². The van der Waals surface area contributed by atoms with Crippen LogP contribution in [0.4, 0.5) is 15.0 Å². The molecule has 2 aromatic carbocycles. The molecule has 1 saturated carbocycles. The van der Waals surface area contributed by atoms with E-state index in [1.165, 1.54) is 42.9 Å². The maximum atomic E-state index is 13.7. The minimum absolute atomic E-state index is 0.00424. The summed E-state index contributed by atoms with van der Waals surface area (Å²) in [4.78, 5) is 40.0. The Balaban J connectivity index is 1.21. The van der Waals surface area contributed by atoms with Gasteiger partial charge in [-0.25, -0.2) is 28.8 Å². The number of benzene rings is 2. The van der Waals surface area contributed by atoms with Crippen LogP contribution < -0.4 is 15.8 Å². The molecule has 0 spiro atoms. The zero-order chi connectivity index (χ0) is 30.8. The summed E-state index contributed by atoms with van der Waals surface area (Å²) in [6.07, 6.45) is 6.94. The lowest BCUT2D eigenvalue weighted by Crippen LogP contribution is -2.42. The first-order valence-electron chi connectivity index (χ1n) is 14.1. The average molecular weight is 599 g/mol. The van der Waals surface area contributed by atoms with Crippen LogP contribution >= 0.6 is 0 Å². The van der Waals surface area contributed by atoms with Gasteiger partial charge in [0.25, 0.3) is 5.91 Å². The number of methoxy groups -OCH3 is 1. The van der Waals surface area contributed by atoms with Crippen LogP contribution in [0.5, 0.6) is 5.75 Å². The standard InChI is InChI=1S/C30H31FN10O3/c1-39(30(43)41-17-33-15-37-41)23-5-3-4-20(23)14-40-28-25(27(32)35-16-36-28)26(38-40)19-8-6-18(7-9-19)13-34-29(42)22-12-21(31)10-11-24(22)44-2/h6-12,15-17,20,23H,3-5,13-14H2,1-2H3,(H,34,42)(H2,32,35,36). The van der Waals surface area contributed by atoms with Crippen molar-refractivity contribution in [2.45, 2.75) is 38.4 Å². The van der Waals surface area contributed by atoms with Crippen molar-refractivity contribution in [3.63, 3.8) is 0 Å². The molecule has 2 amide bonds. The molecule has 0 radical (unpaired) electrons.